The average Bonchev–Trinajstić information content (AvgIpc) is 3.72. The third kappa shape index (κ3) is 7.00. The number of rotatable bonds is 13. The van der Waals surface area contributed by atoms with Crippen LogP contribution in [-0.4, -0.2) is 49.8 Å². The summed E-state index contributed by atoms with van der Waals surface area (Å²) in [4.78, 5) is 40.1. The highest BCUT2D eigenvalue weighted by Crippen LogP contribution is 2.47. The third-order valence-electron chi connectivity index (χ3n) is 9.10. The van der Waals surface area contributed by atoms with Crippen molar-refractivity contribution in [1.29, 1.82) is 0 Å². The van der Waals surface area contributed by atoms with Gasteiger partial charge in [0.05, 0.1) is 5.25 Å². The minimum atomic E-state index is -1.13. The molecule has 6 aromatic rings. The van der Waals surface area contributed by atoms with E-state index < -0.39 is 10.8 Å². The first-order chi connectivity index (χ1) is 25.4. The standard InChI is InChI=1S/C43H38N4O4S/c1-31(38-30-46(2)40(44-38)33-15-7-3-8-16-33)45-51-28-27-50-37-25-23-32(24-26-37)29-39-41(48)47(42(49)52-39)43(34-17-9-4-10-18-34,35-19-11-5-12-20-35)36-21-13-6-14-22-36/h3-26,30,39H,27-29H2,1-2H3/b45-31-. The monoisotopic (exact) mass is 706 g/mol. The van der Waals surface area contributed by atoms with Gasteiger partial charge in [0, 0.05) is 18.8 Å². The second-order valence-corrected chi connectivity index (χ2v) is 13.6. The molecule has 52 heavy (non-hydrogen) atoms. The predicted molar refractivity (Wildman–Crippen MR) is 205 cm³/mol. The molecule has 0 N–H and O–H groups in total. The molecular weight excluding hydrogens is 669 g/mol. The van der Waals surface area contributed by atoms with Crippen LogP contribution in [0, 0.1) is 0 Å². The molecule has 5 aromatic carbocycles. The summed E-state index contributed by atoms with van der Waals surface area (Å²) < 4.78 is 7.87. The second kappa shape index (κ2) is 15.5. The van der Waals surface area contributed by atoms with Crippen molar-refractivity contribution in [2.24, 2.45) is 12.2 Å². The normalized spacial score (nSPS) is 14.8. The van der Waals surface area contributed by atoms with E-state index in [1.165, 1.54) is 4.90 Å². The van der Waals surface area contributed by atoms with Gasteiger partial charge in [0.1, 0.15) is 35.1 Å². The van der Waals surface area contributed by atoms with E-state index in [0.29, 0.717) is 24.5 Å². The largest absolute Gasteiger partial charge is 0.490 e. The van der Waals surface area contributed by atoms with Crippen molar-refractivity contribution in [2.75, 3.05) is 13.2 Å². The summed E-state index contributed by atoms with van der Waals surface area (Å²) in [6.07, 6.45) is 2.33. The summed E-state index contributed by atoms with van der Waals surface area (Å²) in [5.41, 5.74) is 4.77. The lowest BCUT2D eigenvalue weighted by Gasteiger charge is -2.42. The van der Waals surface area contributed by atoms with Crippen molar-refractivity contribution in [2.45, 2.75) is 24.1 Å². The number of aromatic nitrogens is 2. The molecule has 1 aliphatic rings. The molecule has 0 bridgehead atoms. The van der Waals surface area contributed by atoms with Gasteiger partial charge in [-0.25, -0.2) is 4.98 Å². The van der Waals surface area contributed by atoms with E-state index in [4.69, 9.17) is 14.6 Å². The van der Waals surface area contributed by atoms with Crippen molar-refractivity contribution in [3.8, 4) is 17.1 Å². The van der Waals surface area contributed by atoms with Crippen molar-refractivity contribution >= 4 is 28.6 Å². The van der Waals surface area contributed by atoms with Crippen LogP contribution in [0.4, 0.5) is 4.79 Å². The summed E-state index contributed by atoms with van der Waals surface area (Å²) in [5.74, 6) is 1.31. The van der Waals surface area contributed by atoms with E-state index >= 15 is 0 Å². The summed E-state index contributed by atoms with van der Waals surface area (Å²) in [5, 5.41) is 3.38. The quantitative estimate of drug-likeness (QED) is 0.0518. The van der Waals surface area contributed by atoms with Gasteiger partial charge in [-0.1, -0.05) is 150 Å². The molecule has 0 aliphatic carbocycles. The zero-order chi connectivity index (χ0) is 35.9. The molecule has 0 radical (unpaired) electrons. The number of oxime groups is 1. The number of aryl methyl sites for hydroxylation is 1. The number of thioether (sulfide) groups is 1. The molecule has 1 aliphatic heterocycles. The summed E-state index contributed by atoms with van der Waals surface area (Å²) >= 11 is 1.08. The van der Waals surface area contributed by atoms with Crippen molar-refractivity contribution in [1.82, 2.24) is 14.5 Å². The Morgan fingerprint density at radius 3 is 1.85 bits per heavy atom. The highest BCUT2D eigenvalue weighted by Gasteiger charge is 2.53. The van der Waals surface area contributed by atoms with Gasteiger partial charge in [0.25, 0.3) is 5.24 Å². The van der Waals surface area contributed by atoms with E-state index in [9.17, 15) is 9.59 Å². The molecule has 1 aromatic heterocycles. The Morgan fingerprint density at radius 2 is 1.29 bits per heavy atom. The fourth-order valence-electron chi connectivity index (χ4n) is 6.63. The van der Waals surface area contributed by atoms with Crippen molar-refractivity contribution in [3.63, 3.8) is 0 Å². The Bertz CT molecular complexity index is 2060. The van der Waals surface area contributed by atoms with Gasteiger partial charge in [-0.15, -0.1) is 0 Å². The van der Waals surface area contributed by atoms with Crippen LogP contribution in [0.2, 0.25) is 0 Å². The zero-order valence-corrected chi connectivity index (χ0v) is 29.8. The van der Waals surface area contributed by atoms with Gasteiger partial charge in [-0.05, 0) is 47.7 Å². The lowest BCUT2D eigenvalue weighted by molar-refractivity contribution is -0.129. The third-order valence-corrected chi connectivity index (χ3v) is 10.1. The molecule has 2 heterocycles. The van der Waals surface area contributed by atoms with Crippen LogP contribution in [0.3, 0.4) is 0 Å². The minimum absolute atomic E-state index is 0.220. The van der Waals surface area contributed by atoms with Crippen LogP contribution in [0.5, 0.6) is 5.75 Å². The summed E-state index contributed by atoms with van der Waals surface area (Å²) in [7, 11) is 1.96. The maximum absolute atomic E-state index is 14.4. The molecule has 0 saturated carbocycles. The fourth-order valence-corrected chi connectivity index (χ4v) is 7.69. The molecule has 0 spiro atoms. The maximum Gasteiger partial charge on any atom is 0.290 e. The van der Waals surface area contributed by atoms with Crippen LogP contribution in [-0.2, 0) is 28.6 Å². The predicted octanol–water partition coefficient (Wildman–Crippen LogP) is 8.51. The molecule has 1 atom stereocenters. The number of amides is 2. The van der Waals surface area contributed by atoms with Gasteiger partial charge in [-0.2, -0.15) is 0 Å². The van der Waals surface area contributed by atoms with E-state index in [1.54, 1.807) is 0 Å². The van der Waals surface area contributed by atoms with Crippen LogP contribution in [0.15, 0.2) is 157 Å². The van der Waals surface area contributed by atoms with Gasteiger partial charge in [0.2, 0.25) is 5.91 Å². The first-order valence-electron chi connectivity index (χ1n) is 17.1. The van der Waals surface area contributed by atoms with Crippen LogP contribution >= 0.6 is 11.8 Å². The van der Waals surface area contributed by atoms with Gasteiger partial charge in [-0.3, -0.25) is 14.5 Å². The number of imidazole rings is 1. The van der Waals surface area contributed by atoms with Crippen molar-refractivity contribution in [3.05, 3.63) is 180 Å². The molecule has 2 amide bonds. The van der Waals surface area contributed by atoms with E-state index in [0.717, 1.165) is 51.1 Å². The summed E-state index contributed by atoms with van der Waals surface area (Å²) in [6.45, 7) is 2.42. The number of ether oxygens (including phenoxy) is 1. The van der Waals surface area contributed by atoms with Crippen LogP contribution in [0.25, 0.3) is 11.4 Å². The number of benzene rings is 5. The first-order valence-corrected chi connectivity index (χ1v) is 18.0. The number of nitrogens with zero attached hydrogens (tertiary/aromatic N) is 4. The molecule has 1 fully saturated rings. The number of imide groups is 1. The van der Waals surface area contributed by atoms with E-state index in [2.05, 4.69) is 5.16 Å². The Morgan fingerprint density at radius 1 is 0.750 bits per heavy atom. The Kier molecular flexibility index (Phi) is 10.3. The molecular formula is C43H38N4O4S. The molecule has 1 unspecified atom stereocenters. The fraction of sp³-hybridized carbons (Fsp3) is 0.163. The van der Waals surface area contributed by atoms with Crippen molar-refractivity contribution < 1.29 is 19.2 Å². The van der Waals surface area contributed by atoms with E-state index in [-0.39, 0.29) is 17.8 Å². The molecule has 8 nitrogen and oxygen atoms in total. The lowest BCUT2D eigenvalue weighted by atomic mass is 9.75. The number of carbonyl (C=O) groups excluding carboxylic acids is 2. The smallest absolute Gasteiger partial charge is 0.290 e. The molecule has 7 rings (SSSR count). The number of hydrogen-bond acceptors (Lipinski definition) is 7. The van der Waals surface area contributed by atoms with E-state index in [1.807, 2.05) is 170 Å². The van der Waals surface area contributed by atoms with Gasteiger partial charge < -0.3 is 14.1 Å². The Labute approximate surface area is 307 Å². The maximum atomic E-state index is 14.4. The lowest BCUT2D eigenvalue weighted by Crippen LogP contribution is -2.51. The topological polar surface area (TPSA) is 86.0 Å². The van der Waals surface area contributed by atoms with Crippen LogP contribution < -0.4 is 4.74 Å². The number of carbonyl (C=O) groups is 2. The summed E-state index contributed by atoms with van der Waals surface area (Å²) in [6, 6.07) is 47.0. The number of hydrogen-bond donors (Lipinski definition) is 0. The Balaban J connectivity index is 1.00. The SMILES string of the molecule is C/C(=N/OCCOc1ccc(CC2SC(=O)N(C(c3ccccc3)(c3ccccc3)c3ccccc3)C2=O)cc1)c1cn(C)c(-c2ccccc2)n1. The van der Waals surface area contributed by atoms with Gasteiger partial charge in [0.15, 0.2) is 6.61 Å². The highest BCUT2D eigenvalue weighted by molar-refractivity contribution is 8.15. The first kappa shape index (κ1) is 34.5. The van der Waals surface area contributed by atoms with Gasteiger partial charge >= 0.3 is 0 Å². The zero-order valence-electron chi connectivity index (χ0n) is 29.0. The molecule has 1 saturated heterocycles. The second-order valence-electron chi connectivity index (χ2n) is 12.5. The minimum Gasteiger partial charge on any atom is -0.490 e. The highest BCUT2D eigenvalue weighted by atomic mass is 32.2. The average molecular weight is 707 g/mol. The Hall–Kier alpha value is -5.93. The molecule has 260 valence electrons. The molecule has 9 heteroatoms. The van der Waals surface area contributed by atoms with Crippen LogP contribution in [0.1, 0.15) is 34.9 Å².